The minimum Gasteiger partial charge on any atom is -0.483 e. The molecular formula is C21H20N2O2S. The van der Waals surface area contributed by atoms with Crippen molar-refractivity contribution in [1.82, 2.24) is 5.32 Å². The number of rotatable bonds is 4. The van der Waals surface area contributed by atoms with Crippen LogP contribution in [-0.4, -0.2) is 17.6 Å². The monoisotopic (exact) mass is 364 g/mol. The molecule has 26 heavy (non-hydrogen) atoms. The number of thiocarbonyl (C=S) groups is 1. The van der Waals surface area contributed by atoms with Gasteiger partial charge < -0.3 is 10.1 Å². The summed E-state index contributed by atoms with van der Waals surface area (Å²) in [6.07, 6.45) is 0. The van der Waals surface area contributed by atoms with Gasteiger partial charge in [0.25, 0.3) is 5.91 Å². The Bertz CT molecular complexity index is 964. The predicted molar refractivity (Wildman–Crippen MR) is 110 cm³/mol. The fourth-order valence-corrected chi connectivity index (χ4v) is 2.88. The number of carbonyl (C=O) groups is 1. The largest absolute Gasteiger partial charge is 0.483 e. The van der Waals surface area contributed by atoms with E-state index in [-0.39, 0.29) is 17.6 Å². The maximum atomic E-state index is 12.1. The molecule has 0 aromatic heterocycles. The van der Waals surface area contributed by atoms with Crippen LogP contribution in [0.5, 0.6) is 5.75 Å². The van der Waals surface area contributed by atoms with Crippen molar-refractivity contribution in [3.8, 4) is 5.75 Å². The molecule has 0 aliphatic carbocycles. The first-order valence-electron chi connectivity index (χ1n) is 8.31. The Kier molecular flexibility index (Phi) is 5.49. The van der Waals surface area contributed by atoms with Crippen LogP contribution in [0.25, 0.3) is 10.8 Å². The number of nitrogens with one attached hydrogen (secondary N) is 2. The predicted octanol–water partition coefficient (Wildman–Crippen LogP) is 4.35. The third kappa shape index (κ3) is 4.37. The van der Waals surface area contributed by atoms with E-state index < -0.39 is 0 Å². The van der Waals surface area contributed by atoms with Crippen LogP contribution < -0.4 is 15.4 Å². The van der Waals surface area contributed by atoms with Gasteiger partial charge in [0.2, 0.25) is 0 Å². The molecule has 3 aromatic rings. The van der Waals surface area contributed by atoms with E-state index in [4.69, 9.17) is 17.0 Å². The highest BCUT2D eigenvalue weighted by Gasteiger charge is 2.09. The third-order valence-corrected chi connectivity index (χ3v) is 4.21. The SMILES string of the molecule is Cc1ccc(C)c(NC(=S)NC(=O)COc2cccc3ccccc23)c1. The molecule has 0 aliphatic heterocycles. The summed E-state index contributed by atoms with van der Waals surface area (Å²) < 4.78 is 5.68. The van der Waals surface area contributed by atoms with Gasteiger partial charge in [-0.3, -0.25) is 10.1 Å². The van der Waals surface area contributed by atoms with Crippen LogP contribution in [0.1, 0.15) is 11.1 Å². The molecule has 0 atom stereocenters. The highest BCUT2D eigenvalue weighted by Crippen LogP contribution is 2.25. The van der Waals surface area contributed by atoms with Gasteiger partial charge in [0.05, 0.1) is 0 Å². The van der Waals surface area contributed by atoms with Crippen molar-refractivity contribution in [3.63, 3.8) is 0 Å². The average Bonchev–Trinajstić information content (AvgIpc) is 2.63. The Hall–Kier alpha value is -2.92. The lowest BCUT2D eigenvalue weighted by atomic mass is 10.1. The van der Waals surface area contributed by atoms with Crippen molar-refractivity contribution in [3.05, 3.63) is 71.8 Å². The number of amides is 1. The van der Waals surface area contributed by atoms with Crippen LogP contribution in [0, 0.1) is 13.8 Å². The number of carbonyl (C=O) groups excluding carboxylic acids is 1. The van der Waals surface area contributed by atoms with Crippen LogP contribution in [0.15, 0.2) is 60.7 Å². The number of hydrogen-bond donors (Lipinski definition) is 2. The van der Waals surface area contributed by atoms with Gasteiger partial charge in [0.1, 0.15) is 5.75 Å². The van der Waals surface area contributed by atoms with Gasteiger partial charge in [-0.25, -0.2) is 0 Å². The summed E-state index contributed by atoms with van der Waals surface area (Å²) in [5, 5.41) is 8.00. The molecule has 0 fully saturated rings. The Morgan fingerprint density at radius 1 is 1.04 bits per heavy atom. The molecule has 0 unspecified atom stereocenters. The number of aryl methyl sites for hydroxylation is 2. The van der Waals surface area contributed by atoms with E-state index in [0.29, 0.717) is 5.75 Å². The summed E-state index contributed by atoms with van der Waals surface area (Å²) >= 11 is 5.22. The van der Waals surface area contributed by atoms with Crippen molar-refractivity contribution < 1.29 is 9.53 Å². The van der Waals surface area contributed by atoms with E-state index in [9.17, 15) is 4.79 Å². The molecule has 1 amide bonds. The number of anilines is 1. The number of benzene rings is 3. The lowest BCUT2D eigenvalue weighted by Crippen LogP contribution is -2.37. The van der Waals surface area contributed by atoms with Gasteiger partial charge >= 0.3 is 0 Å². The van der Waals surface area contributed by atoms with Crippen LogP contribution in [0.3, 0.4) is 0 Å². The maximum Gasteiger partial charge on any atom is 0.264 e. The molecule has 0 radical (unpaired) electrons. The van der Waals surface area contributed by atoms with Crippen molar-refractivity contribution in [2.75, 3.05) is 11.9 Å². The van der Waals surface area contributed by atoms with E-state index in [1.165, 1.54) is 0 Å². The normalized spacial score (nSPS) is 10.4. The van der Waals surface area contributed by atoms with Crippen molar-refractivity contribution >= 4 is 39.7 Å². The van der Waals surface area contributed by atoms with Crippen LogP contribution >= 0.6 is 12.2 Å². The van der Waals surface area contributed by atoms with E-state index >= 15 is 0 Å². The first-order valence-corrected chi connectivity index (χ1v) is 8.72. The third-order valence-electron chi connectivity index (χ3n) is 4.00. The first-order chi connectivity index (χ1) is 12.5. The van der Waals surface area contributed by atoms with Crippen molar-refractivity contribution in [2.24, 2.45) is 0 Å². The first kappa shape index (κ1) is 17.9. The quantitative estimate of drug-likeness (QED) is 0.676. The Morgan fingerprint density at radius 2 is 1.81 bits per heavy atom. The summed E-state index contributed by atoms with van der Waals surface area (Å²) in [6, 6.07) is 19.7. The number of ether oxygens (including phenoxy) is 1. The molecule has 4 nitrogen and oxygen atoms in total. The zero-order chi connectivity index (χ0) is 18.5. The lowest BCUT2D eigenvalue weighted by Gasteiger charge is -2.13. The second kappa shape index (κ2) is 7.97. The minimum atomic E-state index is -0.305. The maximum absolute atomic E-state index is 12.1. The fourth-order valence-electron chi connectivity index (χ4n) is 2.65. The second-order valence-electron chi connectivity index (χ2n) is 6.09. The summed E-state index contributed by atoms with van der Waals surface area (Å²) in [5.41, 5.74) is 3.05. The van der Waals surface area contributed by atoms with Crippen LogP contribution in [-0.2, 0) is 4.79 Å². The van der Waals surface area contributed by atoms with Crippen molar-refractivity contribution in [1.29, 1.82) is 0 Å². The molecule has 3 aromatic carbocycles. The molecule has 0 saturated heterocycles. The zero-order valence-electron chi connectivity index (χ0n) is 14.7. The number of hydrogen-bond acceptors (Lipinski definition) is 3. The Morgan fingerprint density at radius 3 is 2.65 bits per heavy atom. The molecule has 0 aliphatic rings. The van der Waals surface area contributed by atoms with Gasteiger partial charge in [0.15, 0.2) is 11.7 Å². The van der Waals surface area contributed by atoms with E-state index in [2.05, 4.69) is 10.6 Å². The summed E-state index contributed by atoms with van der Waals surface area (Å²) in [6.45, 7) is 3.88. The van der Waals surface area contributed by atoms with Gasteiger partial charge in [-0.2, -0.15) is 0 Å². The van der Waals surface area contributed by atoms with Gasteiger partial charge in [0, 0.05) is 11.1 Å². The Labute approximate surface area is 158 Å². The molecule has 0 saturated carbocycles. The smallest absolute Gasteiger partial charge is 0.264 e. The van der Waals surface area contributed by atoms with Crippen LogP contribution in [0.2, 0.25) is 0 Å². The van der Waals surface area contributed by atoms with E-state index in [0.717, 1.165) is 27.6 Å². The fraction of sp³-hybridized carbons (Fsp3) is 0.143. The molecule has 5 heteroatoms. The topological polar surface area (TPSA) is 50.4 Å². The number of fused-ring (bicyclic) bond motifs is 1. The lowest BCUT2D eigenvalue weighted by molar-refractivity contribution is -0.121. The molecule has 3 rings (SSSR count). The summed E-state index contributed by atoms with van der Waals surface area (Å²) in [4.78, 5) is 12.1. The van der Waals surface area contributed by atoms with E-state index in [1.807, 2.05) is 74.5 Å². The highest BCUT2D eigenvalue weighted by atomic mass is 32.1. The van der Waals surface area contributed by atoms with E-state index in [1.54, 1.807) is 0 Å². The standard InChI is InChI=1S/C21H20N2O2S/c1-14-10-11-15(2)18(12-14)22-21(26)23-20(24)13-25-19-9-5-7-16-6-3-4-8-17(16)19/h3-12H,13H2,1-2H3,(H2,22,23,24,26). The average molecular weight is 364 g/mol. The molecular weight excluding hydrogens is 344 g/mol. The molecule has 2 N–H and O–H groups in total. The minimum absolute atomic E-state index is 0.109. The van der Waals surface area contributed by atoms with Gasteiger partial charge in [-0.1, -0.05) is 48.5 Å². The Balaban J connectivity index is 1.58. The highest BCUT2D eigenvalue weighted by molar-refractivity contribution is 7.80. The van der Waals surface area contributed by atoms with Crippen molar-refractivity contribution in [2.45, 2.75) is 13.8 Å². The molecule has 0 spiro atoms. The zero-order valence-corrected chi connectivity index (χ0v) is 15.5. The second-order valence-corrected chi connectivity index (χ2v) is 6.49. The van der Waals surface area contributed by atoms with Crippen LogP contribution in [0.4, 0.5) is 5.69 Å². The van der Waals surface area contributed by atoms with Gasteiger partial charge in [-0.15, -0.1) is 0 Å². The summed E-state index contributed by atoms with van der Waals surface area (Å²) in [7, 11) is 0. The molecule has 132 valence electrons. The van der Waals surface area contributed by atoms with Gasteiger partial charge in [-0.05, 0) is 54.7 Å². The molecule has 0 bridgehead atoms. The molecule has 0 heterocycles. The summed E-state index contributed by atoms with van der Waals surface area (Å²) in [5.74, 6) is 0.368.